The molecule has 3 rings (SSSR count). The van der Waals surface area contributed by atoms with Crippen LogP contribution in [0, 0.1) is 0 Å². The van der Waals surface area contributed by atoms with E-state index in [-0.39, 0.29) is 11.3 Å². The Labute approximate surface area is 169 Å². The van der Waals surface area contributed by atoms with Crippen LogP contribution in [0.5, 0.6) is 0 Å². The van der Waals surface area contributed by atoms with Crippen LogP contribution in [0.3, 0.4) is 0 Å². The molecule has 1 N–H and O–H groups in total. The Morgan fingerprint density at radius 1 is 1.21 bits per heavy atom. The average molecular weight is 383 g/mol. The number of hydrogen-bond acceptors (Lipinski definition) is 3. The summed E-state index contributed by atoms with van der Waals surface area (Å²) in [6, 6.07) is 11.0. The molecule has 152 valence electrons. The number of nitrogens with one attached hydrogen (secondary N) is 1. The lowest BCUT2D eigenvalue weighted by atomic mass is 9.92. The largest absolute Gasteiger partial charge is 0.347 e. The summed E-state index contributed by atoms with van der Waals surface area (Å²) in [4.78, 5) is 15.3. The van der Waals surface area contributed by atoms with Crippen LogP contribution in [0.25, 0.3) is 0 Å². The smallest absolute Gasteiger partial charge is 0.269 e. The Kier molecular flexibility index (Phi) is 6.23. The number of rotatable bonds is 5. The number of likely N-dealkylation sites (tertiary alicyclic amines) is 1. The van der Waals surface area contributed by atoms with Crippen molar-refractivity contribution in [3.63, 3.8) is 0 Å². The van der Waals surface area contributed by atoms with Crippen molar-refractivity contribution in [3.05, 3.63) is 52.8 Å². The van der Waals surface area contributed by atoms with Crippen LogP contribution in [0.15, 0.2) is 30.3 Å². The first-order valence-corrected chi connectivity index (χ1v) is 10.4. The third kappa shape index (κ3) is 4.82. The Bertz CT molecular complexity index is 818. The molecule has 28 heavy (non-hydrogen) atoms. The highest BCUT2D eigenvalue weighted by atomic mass is 16.2. The molecule has 1 saturated heterocycles. The molecule has 1 atom stereocenters. The van der Waals surface area contributed by atoms with Gasteiger partial charge in [-0.1, -0.05) is 51.5 Å². The predicted molar refractivity (Wildman–Crippen MR) is 113 cm³/mol. The summed E-state index contributed by atoms with van der Waals surface area (Å²) in [5.41, 5.74) is 3.95. The summed E-state index contributed by atoms with van der Waals surface area (Å²) in [6.45, 7) is 11.3. The summed E-state index contributed by atoms with van der Waals surface area (Å²) >= 11 is 0. The van der Waals surface area contributed by atoms with Gasteiger partial charge in [-0.15, -0.1) is 0 Å². The maximum atomic E-state index is 12.8. The van der Waals surface area contributed by atoms with Crippen molar-refractivity contribution in [2.45, 2.75) is 71.5 Å². The summed E-state index contributed by atoms with van der Waals surface area (Å²) in [6.07, 6.45) is 3.88. The van der Waals surface area contributed by atoms with Gasteiger partial charge in [0.05, 0.1) is 5.69 Å². The van der Waals surface area contributed by atoms with E-state index in [1.165, 1.54) is 30.4 Å². The maximum absolute atomic E-state index is 12.8. The zero-order valence-corrected chi connectivity index (χ0v) is 18.0. The van der Waals surface area contributed by atoms with Gasteiger partial charge in [-0.25, -0.2) is 0 Å². The number of carbonyl (C=O) groups is 1. The summed E-state index contributed by atoms with van der Waals surface area (Å²) in [5, 5.41) is 7.60. The Balaban J connectivity index is 1.68. The van der Waals surface area contributed by atoms with Gasteiger partial charge in [0.15, 0.2) is 0 Å². The molecule has 5 nitrogen and oxygen atoms in total. The number of hydrogen-bond donors (Lipinski definition) is 1. The minimum absolute atomic E-state index is 0.0754. The lowest BCUT2D eigenvalue weighted by Gasteiger charge is -2.33. The fourth-order valence-corrected chi connectivity index (χ4v) is 3.81. The molecule has 1 fully saturated rings. The molecule has 5 heteroatoms. The Morgan fingerprint density at radius 3 is 2.57 bits per heavy atom. The minimum atomic E-state index is -0.0772. The molecule has 2 heterocycles. The molecule has 1 aromatic carbocycles. The molecule has 1 aliphatic heterocycles. The molecule has 1 amide bonds. The molecule has 1 aliphatic rings. The number of nitrogens with zero attached hydrogens (tertiary/aromatic N) is 3. The van der Waals surface area contributed by atoms with E-state index in [2.05, 4.69) is 61.2 Å². The monoisotopic (exact) mass is 382 g/mol. The second kappa shape index (κ2) is 8.48. The number of piperidine rings is 1. The van der Waals surface area contributed by atoms with E-state index in [0.29, 0.717) is 18.3 Å². The van der Waals surface area contributed by atoms with Crippen LogP contribution in [-0.2, 0) is 25.6 Å². The van der Waals surface area contributed by atoms with Gasteiger partial charge in [0.2, 0.25) is 0 Å². The van der Waals surface area contributed by atoms with Crippen LogP contribution < -0.4 is 5.32 Å². The van der Waals surface area contributed by atoms with Crippen LogP contribution in [0.2, 0.25) is 0 Å². The van der Waals surface area contributed by atoms with E-state index < -0.39 is 0 Å². The molecular formula is C23H34N4O. The highest BCUT2D eigenvalue weighted by molar-refractivity contribution is 5.92. The van der Waals surface area contributed by atoms with Gasteiger partial charge in [0.25, 0.3) is 5.91 Å². The van der Waals surface area contributed by atoms with E-state index in [0.717, 1.165) is 18.8 Å². The van der Waals surface area contributed by atoms with E-state index in [9.17, 15) is 4.79 Å². The van der Waals surface area contributed by atoms with Gasteiger partial charge in [-0.3, -0.25) is 14.4 Å². The van der Waals surface area contributed by atoms with Crippen molar-refractivity contribution in [3.8, 4) is 0 Å². The number of aryl methyl sites for hydroxylation is 1. The number of aromatic nitrogens is 2. The normalized spacial score (nSPS) is 18.2. The van der Waals surface area contributed by atoms with Gasteiger partial charge in [0.1, 0.15) is 5.69 Å². The van der Waals surface area contributed by atoms with E-state index >= 15 is 0 Å². The van der Waals surface area contributed by atoms with Gasteiger partial charge in [-0.2, -0.15) is 5.10 Å². The standard InChI is InChI=1S/C23H34N4O/c1-17-10-8-9-13-27(17)16-19-12-7-6-11-18(19)15-24-22(28)20-14-21(23(2,3)4)25-26(20)5/h6-7,11-12,14,17H,8-10,13,15-16H2,1-5H3,(H,24,28). The average Bonchev–Trinajstić information content (AvgIpc) is 3.05. The molecule has 0 saturated carbocycles. The lowest BCUT2D eigenvalue weighted by molar-refractivity contribution is 0.0941. The molecule has 0 bridgehead atoms. The van der Waals surface area contributed by atoms with Gasteiger partial charge in [0, 0.05) is 31.6 Å². The van der Waals surface area contributed by atoms with Crippen molar-refractivity contribution in [1.82, 2.24) is 20.0 Å². The Hall–Kier alpha value is -2.14. The summed E-state index contributed by atoms with van der Waals surface area (Å²) in [7, 11) is 1.83. The zero-order valence-electron chi connectivity index (χ0n) is 18.0. The Morgan fingerprint density at radius 2 is 1.93 bits per heavy atom. The third-order valence-electron chi connectivity index (χ3n) is 5.75. The maximum Gasteiger partial charge on any atom is 0.269 e. The van der Waals surface area contributed by atoms with Crippen LogP contribution in [0.1, 0.15) is 74.3 Å². The molecule has 1 unspecified atom stereocenters. The minimum Gasteiger partial charge on any atom is -0.347 e. The number of benzene rings is 1. The molecule has 1 aromatic heterocycles. The van der Waals surface area contributed by atoms with Crippen molar-refractivity contribution in [2.24, 2.45) is 7.05 Å². The van der Waals surface area contributed by atoms with E-state index in [1.807, 2.05) is 19.2 Å². The highest BCUT2D eigenvalue weighted by Crippen LogP contribution is 2.22. The van der Waals surface area contributed by atoms with Gasteiger partial charge < -0.3 is 5.32 Å². The topological polar surface area (TPSA) is 50.2 Å². The zero-order chi connectivity index (χ0) is 20.3. The first-order valence-electron chi connectivity index (χ1n) is 10.4. The molecule has 0 aliphatic carbocycles. The fourth-order valence-electron chi connectivity index (χ4n) is 3.81. The predicted octanol–water partition coefficient (Wildman–Crippen LogP) is 4.02. The van der Waals surface area contributed by atoms with E-state index in [4.69, 9.17) is 0 Å². The number of amides is 1. The summed E-state index contributed by atoms with van der Waals surface area (Å²) < 4.78 is 1.68. The first kappa shape index (κ1) is 20.6. The number of carbonyl (C=O) groups excluding carboxylic acids is 1. The van der Waals surface area contributed by atoms with Crippen molar-refractivity contribution in [2.75, 3.05) is 6.54 Å². The van der Waals surface area contributed by atoms with E-state index in [1.54, 1.807) is 4.68 Å². The fraction of sp³-hybridized carbons (Fsp3) is 0.565. The molecule has 2 aromatic rings. The first-order chi connectivity index (χ1) is 13.3. The summed E-state index contributed by atoms with van der Waals surface area (Å²) in [5.74, 6) is -0.0772. The van der Waals surface area contributed by atoms with Crippen LogP contribution in [0.4, 0.5) is 0 Å². The van der Waals surface area contributed by atoms with Crippen molar-refractivity contribution < 1.29 is 4.79 Å². The SMILES string of the molecule is CC1CCCCN1Cc1ccccc1CNC(=O)c1cc(C(C)(C)C)nn1C. The molecule has 0 radical (unpaired) electrons. The lowest BCUT2D eigenvalue weighted by Crippen LogP contribution is -2.37. The molecule has 0 spiro atoms. The van der Waals surface area contributed by atoms with Crippen LogP contribution >= 0.6 is 0 Å². The third-order valence-corrected chi connectivity index (χ3v) is 5.75. The van der Waals surface area contributed by atoms with Gasteiger partial charge >= 0.3 is 0 Å². The van der Waals surface area contributed by atoms with Crippen LogP contribution in [-0.4, -0.2) is 33.2 Å². The highest BCUT2D eigenvalue weighted by Gasteiger charge is 2.22. The van der Waals surface area contributed by atoms with Crippen molar-refractivity contribution in [1.29, 1.82) is 0 Å². The van der Waals surface area contributed by atoms with Crippen molar-refractivity contribution >= 4 is 5.91 Å². The molecular weight excluding hydrogens is 348 g/mol. The van der Waals surface area contributed by atoms with Gasteiger partial charge in [-0.05, 0) is 43.5 Å². The quantitative estimate of drug-likeness (QED) is 0.850. The second-order valence-corrected chi connectivity index (χ2v) is 9.06. The second-order valence-electron chi connectivity index (χ2n) is 9.06.